The number of rotatable bonds is 7. The second-order valence-electron chi connectivity index (χ2n) is 7.42. The molecule has 1 N–H and O–H groups in total. The summed E-state index contributed by atoms with van der Waals surface area (Å²) < 4.78 is 7.03. The average molecular weight is 397 g/mol. The molecule has 0 saturated carbocycles. The van der Waals surface area contributed by atoms with E-state index in [-0.39, 0.29) is 17.9 Å². The number of anilines is 1. The van der Waals surface area contributed by atoms with Crippen molar-refractivity contribution in [2.24, 2.45) is 13.0 Å². The largest absolute Gasteiger partial charge is 0.383 e. The van der Waals surface area contributed by atoms with Gasteiger partial charge in [-0.25, -0.2) is 0 Å². The monoisotopic (exact) mass is 397 g/mol. The summed E-state index contributed by atoms with van der Waals surface area (Å²) in [5.41, 5.74) is 4.10. The van der Waals surface area contributed by atoms with Gasteiger partial charge in [-0.05, 0) is 26.3 Å². The molecule has 0 bridgehead atoms. The quantitative estimate of drug-likeness (QED) is 0.756. The number of hydrogen-bond acceptors (Lipinski definition) is 7. The van der Waals surface area contributed by atoms with Gasteiger partial charge >= 0.3 is 0 Å². The smallest absolute Gasteiger partial charge is 0.223 e. The molecule has 1 amide bonds. The third-order valence-corrected chi connectivity index (χ3v) is 5.77. The Balaban J connectivity index is 1.87. The van der Waals surface area contributed by atoms with Crippen molar-refractivity contribution in [2.75, 3.05) is 32.1 Å². The number of aryl methyl sites for hydroxylation is 2. The maximum Gasteiger partial charge on any atom is 0.223 e. The highest BCUT2D eigenvalue weighted by Crippen LogP contribution is 2.39. The van der Waals surface area contributed by atoms with Crippen LogP contribution in [0.15, 0.2) is 6.20 Å². The Labute approximate surface area is 170 Å². The SMILES string of the molecule is COCCN1C(=O)C[C@@H](CNc2nnc(C)c(C)c2C#N)[C@@H]1c1cnn(C)c1C. The van der Waals surface area contributed by atoms with Gasteiger partial charge in [0.25, 0.3) is 0 Å². The number of nitriles is 1. The van der Waals surface area contributed by atoms with Gasteiger partial charge in [-0.1, -0.05) is 0 Å². The average Bonchev–Trinajstić information content (AvgIpc) is 3.19. The molecule has 3 rings (SSSR count). The number of likely N-dealkylation sites (tertiary alicyclic amines) is 1. The number of aromatic nitrogens is 4. The first kappa shape index (κ1) is 20.7. The molecule has 0 spiro atoms. The Morgan fingerprint density at radius 3 is 2.72 bits per heavy atom. The second-order valence-corrected chi connectivity index (χ2v) is 7.42. The molecule has 2 aromatic rings. The van der Waals surface area contributed by atoms with Crippen LogP contribution in [-0.4, -0.2) is 57.6 Å². The molecule has 0 aromatic carbocycles. The maximum atomic E-state index is 12.8. The molecular weight excluding hydrogens is 370 g/mol. The number of ether oxygens (including phenoxy) is 1. The molecule has 9 nitrogen and oxygen atoms in total. The number of carbonyl (C=O) groups excluding carboxylic acids is 1. The highest BCUT2D eigenvalue weighted by atomic mass is 16.5. The van der Waals surface area contributed by atoms with Gasteiger partial charge in [0, 0.05) is 50.8 Å². The fraction of sp³-hybridized carbons (Fsp3) is 0.550. The molecule has 9 heteroatoms. The third kappa shape index (κ3) is 3.93. The van der Waals surface area contributed by atoms with Crippen LogP contribution in [0.2, 0.25) is 0 Å². The van der Waals surface area contributed by atoms with E-state index in [9.17, 15) is 10.1 Å². The molecule has 1 saturated heterocycles. The molecule has 0 unspecified atom stereocenters. The first-order chi connectivity index (χ1) is 13.9. The zero-order chi connectivity index (χ0) is 21.1. The lowest BCUT2D eigenvalue weighted by Gasteiger charge is -2.28. The minimum atomic E-state index is -0.108. The van der Waals surface area contributed by atoms with Gasteiger partial charge in [0.1, 0.15) is 11.6 Å². The zero-order valence-corrected chi connectivity index (χ0v) is 17.6. The fourth-order valence-electron chi connectivity index (χ4n) is 3.82. The molecule has 0 aliphatic carbocycles. The predicted octanol–water partition coefficient (Wildman–Crippen LogP) is 1.66. The van der Waals surface area contributed by atoms with Gasteiger partial charge in [0.05, 0.1) is 24.5 Å². The molecule has 1 aliphatic heterocycles. The van der Waals surface area contributed by atoms with Crippen LogP contribution in [0.4, 0.5) is 5.82 Å². The molecule has 1 aliphatic rings. The van der Waals surface area contributed by atoms with E-state index in [4.69, 9.17) is 4.74 Å². The maximum absolute atomic E-state index is 12.8. The second kappa shape index (κ2) is 8.57. The van der Waals surface area contributed by atoms with Crippen molar-refractivity contribution in [2.45, 2.75) is 33.2 Å². The van der Waals surface area contributed by atoms with Crippen LogP contribution >= 0.6 is 0 Å². The summed E-state index contributed by atoms with van der Waals surface area (Å²) in [6.07, 6.45) is 2.25. The highest BCUT2D eigenvalue weighted by molar-refractivity contribution is 5.80. The van der Waals surface area contributed by atoms with Crippen LogP contribution in [0.5, 0.6) is 0 Å². The number of nitrogens with zero attached hydrogens (tertiary/aromatic N) is 6. The van der Waals surface area contributed by atoms with Crippen LogP contribution in [0.1, 0.15) is 40.5 Å². The van der Waals surface area contributed by atoms with Crippen molar-refractivity contribution >= 4 is 11.7 Å². The van der Waals surface area contributed by atoms with Gasteiger partial charge in [-0.3, -0.25) is 9.48 Å². The van der Waals surface area contributed by atoms with Crippen LogP contribution in [0, 0.1) is 38.0 Å². The van der Waals surface area contributed by atoms with Crippen LogP contribution in [0.3, 0.4) is 0 Å². The van der Waals surface area contributed by atoms with Gasteiger partial charge < -0.3 is 15.0 Å². The van der Waals surface area contributed by atoms with E-state index in [0.717, 1.165) is 22.5 Å². The topological polar surface area (TPSA) is 109 Å². The Bertz CT molecular complexity index is 947. The summed E-state index contributed by atoms with van der Waals surface area (Å²) in [6.45, 7) is 7.20. The molecule has 0 radical (unpaired) electrons. The van der Waals surface area contributed by atoms with Crippen molar-refractivity contribution in [1.29, 1.82) is 5.26 Å². The van der Waals surface area contributed by atoms with Crippen molar-refractivity contribution < 1.29 is 9.53 Å². The Morgan fingerprint density at radius 2 is 2.10 bits per heavy atom. The highest BCUT2D eigenvalue weighted by Gasteiger charge is 2.41. The number of methoxy groups -OCH3 is 1. The minimum absolute atomic E-state index is 0.0113. The van der Waals surface area contributed by atoms with E-state index in [1.54, 1.807) is 7.11 Å². The Hall–Kier alpha value is -2.99. The molecule has 154 valence electrons. The summed E-state index contributed by atoms with van der Waals surface area (Å²) >= 11 is 0. The number of carbonyl (C=O) groups is 1. The summed E-state index contributed by atoms with van der Waals surface area (Å²) in [4.78, 5) is 14.6. The third-order valence-electron chi connectivity index (χ3n) is 5.77. The van der Waals surface area contributed by atoms with Crippen molar-refractivity contribution in [1.82, 2.24) is 24.9 Å². The first-order valence-electron chi connectivity index (χ1n) is 9.63. The van der Waals surface area contributed by atoms with Crippen molar-refractivity contribution in [3.63, 3.8) is 0 Å². The normalized spacial score (nSPS) is 18.9. The lowest BCUT2D eigenvalue weighted by molar-refractivity contribution is -0.129. The Morgan fingerprint density at radius 1 is 1.34 bits per heavy atom. The summed E-state index contributed by atoms with van der Waals surface area (Å²) in [7, 11) is 3.53. The summed E-state index contributed by atoms with van der Waals surface area (Å²) in [5, 5.41) is 25.4. The van der Waals surface area contributed by atoms with Gasteiger partial charge in [-0.2, -0.15) is 15.5 Å². The molecule has 29 heavy (non-hydrogen) atoms. The van der Waals surface area contributed by atoms with Gasteiger partial charge in [0.2, 0.25) is 5.91 Å². The van der Waals surface area contributed by atoms with E-state index in [0.29, 0.717) is 37.5 Å². The van der Waals surface area contributed by atoms with E-state index >= 15 is 0 Å². The molecule has 2 atom stereocenters. The van der Waals surface area contributed by atoms with Crippen molar-refractivity contribution in [3.05, 3.63) is 34.3 Å². The molecular formula is C20H27N7O2. The standard InChI is InChI=1S/C20H27N7O2/c1-12-13(2)24-25-20(16(12)9-21)22-10-15-8-18(28)27(6-7-29-5)19(15)17-11-23-26(4)14(17)3/h11,15,19H,6-8,10H2,1-5H3,(H,22,25)/t15-,19+/m0/s1. The molecule has 2 aromatic heterocycles. The van der Waals surface area contributed by atoms with Gasteiger partial charge in [0.15, 0.2) is 5.82 Å². The molecule has 3 heterocycles. The predicted molar refractivity (Wildman–Crippen MR) is 107 cm³/mol. The lowest BCUT2D eigenvalue weighted by Crippen LogP contribution is -2.33. The van der Waals surface area contributed by atoms with Crippen LogP contribution < -0.4 is 5.32 Å². The number of amides is 1. The summed E-state index contributed by atoms with van der Waals surface area (Å²) in [6, 6.07) is 2.10. The molecule has 1 fully saturated rings. The minimum Gasteiger partial charge on any atom is -0.383 e. The lowest BCUT2D eigenvalue weighted by atomic mass is 9.93. The van der Waals surface area contributed by atoms with Crippen molar-refractivity contribution in [3.8, 4) is 6.07 Å². The number of nitrogens with one attached hydrogen (secondary N) is 1. The fourth-order valence-corrected chi connectivity index (χ4v) is 3.82. The van der Waals surface area contributed by atoms with Crippen LogP contribution in [-0.2, 0) is 16.6 Å². The van der Waals surface area contributed by atoms with E-state index < -0.39 is 0 Å². The van der Waals surface area contributed by atoms with E-state index in [1.165, 1.54) is 0 Å². The Kier molecular flexibility index (Phi) is 6.13. The first-order valence-corrected chi connectivity index (χ1v) is 9.63. The van der Waals surface area contributed by atoms with Gasteiger partial charge in [-0.15, -0.1) is 5.10 Å². The van der Waals surface area contributed by atoms with E-state index in [2.05, 4.69) is 26.7 Å². The van der Waals surface area contributed by atoms with E-state index in [1.807, 2.05) is 43.6 Å². The zero-order valence-electron chi connectivity index (χ0n) is 17.6. The number of hydrogen-bond donors (Lipinski definition) is 1. The summed E-state index contributed by atoms with van der Waals surface area (Å²) in [5.74, 6) is 0.561. The van der Waals surface area contributed by atoms with Crippen LogP contribution in [0.25, 0.3) is 0 Å².